The minimum Gasteiger partial charge on any atom is -0.345 e. The van der Waals surface area contributed by atoms with Crippen molar-refractivity contribution in [3.05, 3.63) is 63.4 Å². The second-order valence-electron chi connectivity index (χ2n) is 7.24. The smallest absolute Gasteiger partial charge is 0.243 e. The van der Waals surface area contributed by atoms with E-state index in [1.165, 1.54) is 11.1 Å². The fourth-order valence-electron chi connectivity index (χ4n) is 3.54. The van der Waals surface area contributed by atoms with Crippen molar-refractivity contribution in [1.82, 2.24) is 9.29 Å². The van der Waals surface area contributed by atoms with Crippen LogP contribution in [0, 0.1) is 13.8 Å². The summed E-state index contributed by atoms with van der Waals surface area (Å²) in [5, 5.41) is 3.02. The second-order valence-corrected chi connectivity index (χ2v) is 10.9. The molecular formula is C21H22BrN3O2S2. The van der Waals surface area contributed by atoms with Gasteiger partial charge in [0.15, 0.2) is 5.13 Å². The van der Waals surface area contributed by atoms with Crippen LogP contribution in [0.1, 0.15) is 11.1 Å². The van der Waals surface area contributed by atoms with Crippen LogP contribution in [0.4, 0.5) is 5.13 Å². The fourth-order valence-corrected chi connectivity index (χ4v) is 6.12. The first-order chi connectivity index (χ1) is 13.8. The monoisotopic (exact) mass is 491 g/mol. The molecule has 1 fully saturated rings. The van der Waals surface area contributed by atoms with Gasteiger partial charge in [-0.1, -0.05) is 33.1 Å². The van der Waals surface area contributed by atoms with Crippen LogP contribution in [0.25, 0.3) is 11.3 Å². The standard InChI is InChI=1S/C21H22BrN3O2S2/c1-15-11-16(2)13-17(12-15)20-14-28-21(23-20)24-7-9-25(10-8-24)29(26,27)19-5-3-18(22)4-6-19/h3-6,11-14H,7-10H2,1-2H3. The lowest BCUT2D eigenvalue weighted by Gasteiger charge is -2.33. The van der Waals surface area contributed by atoms with Crippen molar-refractivity contribution in [3.63, 3.8) is 0 Å². The average molecular weight is 492 g/mol. The van der Waals surface area contributed by atoms with Crippen molar-refractivity contribution < 1.29 is 8.42 Å². The minimum absolute atomic E-state index is 0.334. The van der Waals surface area contributed by atoms with Crippen LogP contribution in [0.3, 0.4) is 0 Å². The molecule has 0 aliphatic carbocycles. The van der Waals surface area contributed by atoms with Gasteiger partial charge in [-0.2, -0.15) is 4.31 Å². The first-order valence-corrected chi connectivity index (χ1v) is 12.5. The molecule has 5 nitrogen and oxygen atoms in total. The van der Waals surface area contributed by atoms with Gasteiger partial charge < -0.3 is 4.90 Å². The Labute approximate surface area is 184 Å². The highest BCUT2D eigenvalue weighted by Gasteiger charge is 2.29. The summed E-state index contributed by atoms with van der Waals surface area (Å²) >= 11 is 4.96. The number of rotatable bonds is 4. The number of nitrogens with zero attached hydrogens (tertiary/aromatic N) is 3. The summed E-state index contributed by atoms with van der Waals surface area (Å²) in [4.78, 5) is 7.32. The highest BCUT2D eigenvalue weighted by molar-refractivity contribution is 9.10. The van der Waals surface area contributed by atoms with E-state index in [2.05, 4.69) is 58.3 Å². The van der Waals surface area contributed by atoms with E-state index in [4.69, 9.17) is 4.98 Å². The van der Waals surface area contributed by atoms with E-state index in [0.29, 0.717) is 31.1 Å². The van der Waals surface area contributed by atoms with Gasteiger partial charge in [0.25, 0.3) is 0 Å². The van der Waals surface area contributed by atoms with Crippen molar-refractivity contribution in [1.29, 1.82) is 0 Å². The van der Waals surface area contributed by atoms with Gasteiger partial charge in [0.1, 0.15) is 0 Å². The number of aromatic nitrogens is 1. The highest BCUT2D eigenvalue weighted by Crippen LogP contribution is 2.30. The van der Waals surface area contributed by atoms with E-state index < -0.39 is 10.0 Å². The topological polar surface area (TPSA) is 53.5 Å². The van der Waals surface area contributed by atoms with Crippen LogP contribution in [0.5, 0.6) is 0 Å². The third-order valence-electron chi connectivity index (χ3n) is 4.97. The molecule has 1 aromatic heterocycles. The predicted molar refractivity (Wildman–Crippen MR) is 122 cm³/mol. The van der Waals surface area contributed by atoms with Crippen LogP contribution in [-0.2, 0) is 10.0 Å². The van der Waals surface area contributed by atoms with Gasteiger partial charge in [0.2, 0.25) is 10.0 Å². The van der Waals surface area contributed by atoms with E-state index in [0.717, 1.165) is 20.9 Å². The summed E-state index contributed by atoms with van der Waals surface area (Å²) in [6, 6.07) is 13.2. The fraction of sp³-hybridized carbons (Fsp3) is 0.286. The highest BCUT2D eigenvalue weighted by atomic mass is 79.9. The Kier molecular flexibility index (Phi) is 5.79. The molecule has 4 rings (SSSR count). The van der Waals surface area contributed by atoms with E-state index >= 15 is 0 Å². The first kappa shape index (κ1) is 20.5. The van der Waals surface area contributed by atoms with E-state index in [-0.39, 0.29) is 0 Å². The molecule has 29 heavy (non-hydrogen) atoms. The Balaban J connectivity index is 1.46. The van der Waals surface area contributed by atoms with E-state index in [9.17, 15) is 8.42 Å². The molecule has 2 heterocycles. The molecule has 0 saturated carbocycles. The predicted octanol–water partition coefficient (Wildman–Crippen LogP) is 4.70. The number of hydrogen-bond donors (Lipinski definition) is 0. The van der Waals surface area contributed by atoms with Crippen molar-refractivity contribution in [3.8, 4) is 11.3 Å². The molecule has 0 atom stereocenters. The summed E-state index contributed by atoms with van der Waals surface area (Å²) in [5.74, 6) is 0. The van der Waals surface area contributed by atoms with Gasteiger partial charge in [-0.3, -0.25) is 0 Å². The minimum atomic E-state index is -3.46. The van der Waals surface area contributed by atoms with Gasteiger partial charge in [0.05, 0.1) is 10.6 Å². The molecule has 152 valence electrons. The van der Waals surface area contributed by atoms with Gasteiger partial charge in [-0.15, -0.1) is 11.3 Å². The summed E-state index contributed by atoms with van der Waals surface area (Å²) in [6.07, 6.45) is 0. The summed E-state index contributed by atoms with van der Waals surface area (Å²) in [6.45, 7) is 6.36. The summed E-state index contributed by atoms with van der Waals surface area (Å²) < 4.78 is 28.2. The molecule has 3 aromatic rings. The maximum absolute atomic E-state index is 12.9. The van der Waals surface area contributed by atoms with Crippen LogP contribution >= 0.6 is 27.3 Å². The van der Waals surface area contributed by atoms with Gasteiger partial charge in [0, 0.05) is 41.6 Å². The Bertz CT molecular complexity index is 1100. The van der Waals surface area contributed by atoms with Gasteiger partial charge >= 0.3 is 0 Å². The number of sulfonamides is 1. The number of aryl methyl sites for hydroxylation is 2. The van der Waals surface area contributed by atoms with Crippen LogP contribution in [0.2, 0.25) is 0 Å². The average Bonchev–Trinajstić information content (AvgIpc) is 3.18. The maximum atomic E-state index is 12.9. The molecule has 1 saturated heterocycles. The molecule has 1 aliphatic rings. The van der Waals surface area contributed by atoms with Crippen LogP contribution in [-0.4, -0.2) is 43.9 Å². The number of anilines is 1. The van der Waals surface area contributed by atoms with Gasteiger partial charge in [-0.25, -0.2) is 13.4 Å². The molecule has 0 N–H and O–H groups in total. The number of halogens is 1. The first-order valence-electron chi connectivity index (χ1n) is 9.38. The Morgan fingerprint density at radius 2 is 1.59 bits per heavy atom. The maximum Gasteiger partial charge on any atom is 0.243 e. The second kappa shape index (κ2) is 8.18. The Morgan fingerprint density at radius 3 is 2.21 bits per heavy atom. The largest absolute Gasteiger partial charge is 0.345 e. The van der Waals surface area contributed by atoms with Crippen molar-refractivity contribution in [2.45, 2.75) is 18.7 Å². The zero-order chi connectivity index (χ0) is 20.6. The van der Waals surface area contributed by atoms with Crippen molar-refractivity contribution in [2.75, 3.05) is 31.1 Å². The molecule has 8 heteroatoms. The van der Waals surface area contributed by atoms with Crippen molar-refractivity contribution in [2.24, 2.45) is 0 Å². The lowest BCUT2D eigenvalue weighted by molar-refractivity contribution is 0.385. The normalized spacial score (nSPS) is 15.6. The summed E-state index contributed by atoms with van der Waals surface area (Å²) in [7, 11) is -3.46. The molecule has 0 radical (unpaired) electrons. The molecule has 0 spiro atoms. The van der Waals surface area contributed by atoms with E-state index in [1.54, 1.807) is 39.9 Å². The third-order valence-corrected chi connectivity index (χ3v) is 8.31. The number of hydrogen-bond acceptors (Lipinski definition) is 5. The number of benzene rings is 2. The van der Waals surface area contributed by atoms with Crippen molar-refractivity contribution >= 4 is 42.4 Å². The third kappa shape index (κ3) is 4.40. The number of piperazine rings is 1. The van der Waals surface area contributed by atoms with Crippen LogP contribution < -0.4 is 4.90 Å². The van der Waals surface area contributed by atoms with Crippen LogP contribution in [0.15, 0.2) is 57.2 Å². The quantitative estimate of drug-likeness (QED) is 0.530. The van der Waals surface area contributed by atoms with E-state index in [1.807, 2.05) is 0 Å². The molecular weight excluding hydrogens is 470 g/mol. The Morgan fingerprint density at radius 1 is 0.966 bits per heavy atom. The molecule has 1 aliphatic heterocycles. The zero-order valence-electron chi connectivity index (χ0n) is 16.3. The lowest BCUT2D eigenvalue weighted by Crippen LogP contribution is -2.48. The zero-order valence-corrected chi connectivity index (χ0v) is 19.5. The molecule has 2 aromatic carbocycles. The SMILES string of the molecule is Cc1cc(C)cc(-c2csc(N3CCN(S(=O)(=O)c4ccc(Br)cc4)CC3)n2)c1. The molecule has 0 unspecified atom stereocenters. The molecule has 0 bridgehead atoms. The molecule has 0 amide bonds. The lowest BCUT2D eigenvalue weighted by atomic mass is 10.1. The Hall–Kier alpha value is -1.74. The van der Waals surface area contributed by atoms with Gasteiger partial charge in [-0.05, 0) is 50.2 Å². The number of thiazole rings is 1. The summed E-state index contributed by atoms with van der Waals surface area (Å²) in [5.41, 5.74) is 4.55.